The third kappa shape index (κ3) is 6.38. The first-order valence-electron chi connectivity index (χ1n) is 16.5. The van der Waals surface area contributed by atoms with Crippen molar-refractivity contribution >= 4 is 46.6 Å². The largest absolute Gasteiger partial charge is 0.508 e. The Morgan fingerprint density at radius 3 is 2.31 bits per heavy atom. The van der Waals surface area contributed by atoms with Gasteiger partial charge in [-0.05, 0) is 56.5 Å². The molecule has 7 N–H and O–H groups in total. The van der Waals surface area contributed by atoms with Gasteiger partial charge >= 0.3 is 6.09 Å². The molecule has 0 unspecified atom stereocenters. The number of anilines is 2. The molecule has 15 heteroatoms. The second-order valence-corrected chi connectivity index (χ2v) is 13.5. The fourth-order valence-corrected chi connectivity index (χ4v) is 7.46. The molecular weight excluding hydrogens is 662 g/mol. The van der Waals surface area contributed by atoms with Crippen LogP contribution in [-0.4, -0.2) is 113 Å². The van der Waals surface area contributed by atoms with Crippen molar-refractivity contribution in [2.75, 3.05) is 51.5 Å². The van der Waals surface area contributed by atoms with Crippen LogP contribution in [0.1, 0.15) is 36.5 Å². The number of likely N-dealkylation sites (N-methyl/N-ethyl adjacent to an activating group) is 1. The van der Waals surface area contributed by atoms with Gasteiger partial charge in [-0.2, -0.15) is 0 Å². The topological polar surface area (TPSA) is 223 Å². The number of phenols is 1. The Bertz CT molecular complexity index is 1850. The van der Waals surface area contributed by atoms with E-state index in [1.165, 1.54) is 30.0 Å². The molecule has 1 saturated carbocycles. The number of carbonyl (C=O) groups is 5. The van der Waals surface area contributed by atoms with Crippen LogP contribution in [0.5, 0.6) is 5.75 Å². The SMILES string of the molecule is CCCN(CC(=O)Nc1cc(N(C)C)c2c(c1O)C(O)=C1C(=O)[C@]3(O)C(O)=C(C(N)=O)C(=O)[C@@H](N(C)C)[C@@H]3C[C@@H]1C2)C(=O)OCc1ccccc1. The van der Waals surface area contributed by atoms with Gasteiger partial charge in [0.2, 0.25) is 11.7 Å². The third-order valence-electron chi connectivity index (χ3n) is 9.74. The molecule has 3 amide bonds. The monoisotopic (exact) mass is 705 g/mol. The lowest BCUT2D eigenvalue weighted by Gasteiger charge is -2.50. The number of phenolic OH excluding ortho intramolecular Hbond substituents is 1. The number of hydrogen-bond donors (Lipinski definition) is 6. The van der Waals surface area contributed by atoms with E-state index >= 15 is 0 Å². The van der Waals surface area contributed by atoms with Crippen LogP contribution >= 0.6 is 0 Å². The number of ether oxygens (including phenoxy) is 1. The van der Waals surface area contributed by atoms with Crippen LogP contribution in [0, 0.1) is 11.8 Å². The maximum atomic E-state index is 14.2. The van der Waals surface area contributed by atoms with E-state index in [0.717, 1.165) is 5.56 Å². The smallest absolute Gasteiger partial charge is 0.410 e. The van der Waals surface area contributed by atoms with E-state index in [0.29, 0.717) is 17.7 Å². The molecule has 0 bridgehead atoms. The second-order valence-electron chi connectivity index (χ2n) is 13.5. The van der Waals surface area contributed by atoms with Crippen molar-refractivity contribution in [2.24, 2.45) is 17.6 Å². The molecule has 2 aromatic rings. The lowest BCUT2D eigenvalue weighted by Crippen LogP contribution is -2.65. The molecule has 3 aliphatic rings. The zero-order valence-electron chi connectivity index (χ0n) is 29.1. The number of carbonyl (C=O) groups excluding carboxylic acids is 5. The molecule has 272 valence electrons. The zero-order chi connectivity index (χ0) is 37.5. The number of ketones is 2. The first-order valence-corrected chi connectivity index (χ1v) is 16.5. The van der Waals surface area contributed by atoms with Crippen LogP contribution in [0.15, 0.2) is 53.3 Å². The number of nitrogens with one attached hydrogen (secondary N) is 1. The van der Waals surface area contributed by atoms with Gasteiger partial charge < -0.3 is 41.1 Å². The van der Waals surface area contributed by atoms with Gasteiger partial charge in [-0.25, -0.2) is 4.79 Å². The Hall–Kier alpha value is -5.41. The molecular formula is C36H43N5O10. The summed E-state index contributed by atoms with van der Waals surface area (Å²) in [6.45, 7) is 1.63. The molecule has 3 aliphatic carbocycles. The van der Waals surface area contributed by atoms with E-state index in [1.807, 2.05) is 25.1 Å². The van der Waals surface area contributed by atoms with Crippen molar-refractivity contribution in [1.29, 1.82) is 0 Å². The number of aliphatic hydroxyl groups is 3. The quantitative estimate of drug-likeness (QED) is 0.154. The van der Waals surface area contributed by atoms with Crippen molar-refractivity contribution in [2.45, 2.75) is 44.4 Å². The van der Waals surface area contributed by atoms with E-state index in [-0.39, 0.29) is 42.8 Å². The minimum absolute atomic E-state index is 0.00631. The maximum absolute atomic E-state index is 14.2. The van der Waals surface area contributed by atoms with Gasteiger partial charge in [-0.3, -0.25) is 29.0 Å². The van der Waals surface area contributed by atoms with Crippen molar-refractivity contribution < 1.29 is 49.1 Å². The second kappa shape index (κ2) is 14.1. The number of aliphatic hydroxyl groups excluding tert-OH is 2. The maximum Gasteiger partial charge on any atom is 0.410 e. The highest BCUT2D eigenvalue weighted by Gasteiger charge is 2.64. The van der Waals surface area contributed by atoms with E-state index in [2.05, 4.69) is 5.32 Å². The minimum atomic E-state index is -2.78. The van der Waals surface area contributed by atoms with Gasteiger partial charge in [0.1, 0.15) is 36.0 Å². The summed E-state index contributed by atoms with van der Waals surface area (Å²) in [5.74, 6) is -8.42. The highest BCUT2D eigenvalue weighted by atomic mass is 16.6. The van der Waals surface area contributed by atoms with Gasteiger partial charge in [-0.1, -0.05) is 37.3 Å². The highest BCUT2D eigenvalue weighted by molar-refractivity contribution is 6.24. The van der Waals surface area contributed by atoms with Gasteiger partial charge in [0.05, 0.1) is 17.3 Å². The number of aromatic hydroxyl groups is 1. The first kappa shape index (κ1) is 36.9. The predicted molar refractivity (Wildman–Crippen MR) is 186 cm³/mol. The summed E-state index contributed by atoms with van der Waals surface area (Å²) in [7, 11) is 6.48. The summed E-state index contributed by atoms with van der Waals surface area (Å²) in [6, 6.07) is 9.35. The Morgan fingerprint density at radius 2 is 1.73 bits per heavy atom. The Morgan fingerprint density at radius 1 is 1.06 bits per heavy atom. The third-order valence-corrected chi connectivity index (χ3v) is 9.74. The Balaban J connectivity index is 1.51. The fourth-order valence-electron chi connectivity index (χ4n) is 7.46. The number of amides is 3. The van der Waals surface area contributed by atoms with Crippen molar-refractivity contribution in [3.8, 4) is 5.75 Å². The molecule has 4 atom stereocenters. The zero-order valence-corrected chi connectivity index (χ0v) is 29.1. The normalized spacial score (nSPS) is 22.6. The molecule has 2 aromatic carbocycles. The summed E-state index contributed by atoms with van der Waals surface area (Å²) >= 11 is 0. The van der Waals surface area contributed by atoms with Crippen LogP contribution < -0.4 is 16.0 Å². The average molecular weight is 706 g/mol. The van der Waals surface area contributed by atoms with Crippen molar-refractivity contribution in [3.05, 3.63) is 70.0 Å². The summed E-state index contributed by atoms with van der Waals surface area (Å²) in [5, 5.41) is 48.8. The van der Waals surface area contributed by atoms with Crippen molar-refractivity contribution in [1.82, 2.24) is 9.80 Å². The van der Waals surface area contributed by atoms with Gasteiger partial charge in [0, 0.05) is 37.8 Å². The summed E-state index contributed by atoms with van der Waals surface area (Å²) in [4.78, 5) is 70.4. The van der Waals surface area contributed by atoms with Crippen LogP contribution in [0.2, 0.25) is 0 Å². The number of rotatable bonds is 10. The van der Waals surface area contributed by atoms with Crippen molar-refractivity contribution in [3.63, 3.8) is 0 Å². The van der Waals surface area contributed by atoms with Crippen LogP contribution in [0.4, 0.5) is 16.2 Å². The molecule has 0 heterocycles. The summed E-state index contributed by atoms with van der Waals surface area (Å²) in [5.41, 5.74) is 2.77. The molecule has 15 nitrogen and oxygen atoms in total. The molecule has 5 rings (SSSR count). The van der Waals surface area contributed by atoms with E-state index < -0.39 is 82.3 Å². The van der Waals surface area contributed by atoms with Gasteiger partial charge in [0.15, 0.2) is 11.4 Å². The van der Waals surface area contributed by atoms with Crippen LogP contribution in [-0.2, 0) is 36.9 Å². The summed E-state index contributed by atoms with van der Waals surface area (Å²) < 4.78 is 5.41. The Labute approximate surface area is 294 Å². The molecule has 0 radical (unpaired) electrons. The van der Waals surface area contributed by atoms with Crippen LogP contribution in [0.3, 0.4) is 0 Å². The van der Waals surface area contributed by atoms with E-state index in [4.69, 9.17) is 10.5 Å². The van der Waals surface area contributed by atoms with Crippen LogP contribution in [0.25, 0.3) is 5.76 Å². The van der Waals surface area contributed by atoms with Gasteiger partial charge in [0.25, 0.3) is 5.91 Å². The molecule has 51 heavy (non-hydrogen) atoms. The van der Waals surface area contributed by atoms with Gasteiger partial charge in [-0.15, -0.1) is 0 Å². The molecule has 0 aromatic heterocycles. The number of nitrogens with zero attached hydrogens (tertiary/aromatic N) is 3. The standard InChI is InChI=1S/C36H43N5O10/c1-6-12-41(35(49)51-17-18-10-8-7-9-11-18)16-24(42)38-22-15-23(39(2)3)20-13-19-14-21-28(40(4)5)31(45)27(34(37)48)33(47)36(21,50)32(46)25(19)30(44)26(20)29(22)43/h7-11,15,19,21,28,43-44,47,50H,6,12-14,16-17H2,1-5H3,(H2,37,48)(H,38,42)/t19-,21-,28-,36-/m0/s1. The number of benzene rings is 2. The number of fused-ring (bicyclic) bond motifs is 3. The lowest BCUT2D eigenvalue weighted by molar-refractivity contribution is -0.153. The fraction of sp³-hybridized carbons (Fsp3) is 0.417. The minimum Gasteiger partial charge on any atom is -0.508 e. The predicted octanol–water partition coefficient (Wildman–Crippen LogP) is 2.02. The molecule has 1 fully saturated rings. The Kier molecular flexibility index (Phi) is 10.2. The average Bonchev–Trinajstić information content (AvgIpc) is 3.06. The number of hydrogen-bond acceptors (Lipinski definition) is 12. The molecule has 0 aliphatic heterocycles. The number of primary amides is 1. The van der Waals surface area contributed by atoms with E-state index in [1.54, 1.807) is 31.1 Å². The molecule has 0 saturated heterocycles. The number of nitrogens with two attached hydrogens (primary N) is 1. The lowest BCUT2D eigenvalue weighted by atomic mass is 9.57. The number of Topliss-reactive ketones (excluding diaryl/α,β-unsaturated/α-hetero) is 2. The first-order chi connectivity index (χ1) is 24.0. The summed E-state index contributed by atoms with van der Waals surface area (Å²) in [6.07, 6.45) is -0.174. The molecule has 0 spiro atoms. The highest BCUT2D eigenvalue weighted by Crippen LogP contribution is 2.54. The van der Waals surface area contributed by atoms with E-state index in [9.17, 15) is 44.4 Å².